The van der Waals surface area contributed by atoms with Crippen LogP contribution in [0.1, 0.15) is 5.56 Å². The lowest BCUT2D eigenvalue weighted by molar-refractivity contribution is 1.47. The van der Waals surface area contributed by atoms with Crippen LogP contribution < -0.4 is 0 Å². The van der Waals surface area contributed by atoms with Gasteiger partial charge in [-0.25, -0.2) is 0 Å². The van der Waals surface area contributed by atoms with E-state index in [-0.39, 0.29) is 0 Å². The van der Waals surface area contributed by atoms with Gasteiger partial charge in [-0.1, -0.05) is 103 Å². The summed E-state index contributed by atoms with van der Waals surface area (Å²) in [5, 5.41) is 0. The molecule has 3 aromatic carbocycles. The lowest BCUT2D eigenvalue weighted by Crippen LogP contribution is -1.91. The van der Waals surface area contributed by atoms with Crippen molar-refractivity contribution in [2.24, 2.45) is 0 Å². The van der Waals surface area contributed by atoms with E-state index >= 15 is 0 Å². The molecular weight excluding hydrogens is 432 g/mol. The van der Waals surface area contributed by atoms with Crippen LogP contribution in [0.25, 0.3) is 32.7 Å². The van der Waals surface area contributed by atoms with Crippen LogP contribution in [0.5, 0.6) is 0 Å². The Morgan fingerprint density at radius 1 is 0.667 bits per heavy atom. The van der Waals surface area contributed by atoms with Crippen molar-refractivity contribution < 1.29 is 0 Å². The Kier molecular flexibility index (Phi) is 5.35. The maximum atomic E-state index is 5.74. The molecule has 0 fully saturated rings. The second-order valence-electron chi connectivity index (χ2n) is 6.38. The molecule has 27 heavy (non-hydrogen) atoms. The first-order valence-corrected chi connectivity index (χ1v) is 10.7. The molecule has 0 saturated heterocycles. The van der Waals surface area contributed by atoms with Crippen molar-refractivity contribution in [3.63, 3.8) is 0 Å². The molecule has 0 aliphatic rings. The number of benzene rings is 3. The van der Waals surface area contributed by atoms with E-state index < -0.39 is 0 Å². The third-order valence-corrected chi connectivity index (χ3v) is 7.31. The molecule has 0 aliphatic carbocycles. The fourth-order valence-corrected chi connectivity index (χ4v) is 5.15. The summed E-state index contributed by atoms with van der Waals surface area (Å²) in [6.07, 6.45) is 0. The molecule has 0 radical (unpaired) electrons. The third kappa shape index (κ3) is 3.68. The van der Waals surface area contributed by atoms with E-state index in [4.69, 9.17) is 12.2 Å². The van der Waals surface area contributed by atoms with Crippen molar-refractivity contribution in [2.75, 3.05) is 0 Å². The van der Waals surface area contributed by atoms with Gasteiger partial charge in [-0.3, -0.25) is 0 Å². The van der Waals surface area contributed by atoms with Crippen LogP contribution in [0.15, 0.2) is 89.4 Å². The molecule has 0 unspecified atom stereocenters. The molecular formula is C24H17BrS2. The minimum atomic E-state index is 0.865. The maximum absolute atomic E-state index is 5.74. The quantitative estimate of drug-likeness (QED) is 0.282. The Morgan fingerprint density at radius 2 is 1.19 bits per heavy atom. The molecule has 4 rings (SSSR count). The van der Waals surface area contributed by atoms with Crippen LogP contribution >= 0.6 is 39.5 Å². The molecule has 4 aromatic rings. The van der Waals surface area contributed by atoms with Gasteiger partial charge in [0.05, 0.1) is 4.47 Å². The van der Waals surface area contributed by atoms with E-state index in [1.54, 1.807) is 11.3 Å². The van der Waals surface area contributed by atoms with Gasteiger partial charge in [0.15, 0.2) is 0 Å². The molecule has 1 heterocycles. The highest BCUT2D eigenvalue weighted by atomic mass is 79.9. The fraction of sp³-hybridized carbons (Fsp3) is 0.0417. The molecule has 0 nitrogen and oxygen atoms in total. The van der Waals surface area contributed by atoms with E-state index in [0.717, 1.165) is 19.4 Å². The van der Waals surface area contributed by atoms with Crippen molar-refractivity contribution in [3.05, 3.63) is 98.8 Å². The molecule has 0 bridgehead atoms. The summed E-state index contributed by atoms with van der Waals surface area (Å²) < 4.78 is 1.85. The average Bonchev–Trinajstić information content (AvgIpc) is 2.71. The van der Waals surface area contributed by atoms with E-state index in [1.165, 1.54) is 27.1 Å². The molecule has 3 heteroatoms. The average molecular weight is 449 g/mol. The van der Waals surface area contributed by atoms with Gasteiger partial charge in [-0.15, -0.1) is 11.3 Å². The van der Waals surface area contributed by atoms with Gasteiger partial charge in [0.2, 0.25) is 0 Å². The topological polar surface area (TPSA) is 0 Å². The highest BCUT2D eigenvalue weighted by Gasteiger charge is 2.19. The van der Waals surface area contributed by atoms with Gasteiger partial charge in [0.1, 0.15) is 3.82 Å². The summed E-state index contributed by atoms with van der Waals surface area (Å²) in [6.45, 7) is 2.11. The Hall–Kier alpha value is -2.07. The largest absolute Gasteiger partial charge is 0.122 e. The second-order valence-corrected chi connectivity index (χ2v) is 8.86. The number of hydrogen-bond donors (Lipinski definition) is 0. The highest BCUT2D eigenvalue weighted by molar-refractivity contribution is 9.10. The van der Waals surface area contributed by atoms with Gasteiger partial charge in [-0.2, -0.15) is 0 Å². The van der Waals surface area contributed by atoms with E-state index in [9.17, 15) is 0 Å². The van der Waals surface area contributed by atoms with Gasteiger partial charge in [0, 0.05) is 16.0 Å². The predicted octanol–water partition coefficient (Wildman–Crippen LogP) is 8.55. The maximum Gasteiger partial charge on any atom is 0.105 e. The zero-order valence-corrected chi connectivity index (χ0v) is 18.0. The van der Waals surface area contributed by atoms with Crippen LogP contribution in [0.4, 0.5) is 0 Å². The smallest absolute Gasteiger partial charge is 0.105 e. The third-order valence-electron chi connectivity index (χ3n) is 4.51. The van der Waals surface area contributed by atoms with Gasteiger partial charge in [-0.05, 0) is 39.5 Å². The van der Waals surface area contributed by atoms with Gasteiger partial charge < -0.3 is 0 Å². The standard InChI is InChI=1S/C24H17BrS2/c1-16-12-14-19(15-13-16)23-21(18-10-6-3-7-11-18)20(22(25)24(26)27-23)17-8-4-2-5-9-17/h2-15H,1H3. The van der Waals surface area contributed by atoms with E-state index in [0.29, 0.717) is 0 Å². The molecule has 0 N–H and O–H groups in total. The van der Waals surface area contributed by atoms with Crippen molar-refractivity contribution in [2.45, 2.75) is 6.92 Å². The van der Waals surface area contributed by atoms with Crippen LogP contribution in [0, 0.1) is 10.7 Å². The number of hydrogen-bond acceptors (Lipinski definition) is 2. The van der Waals surface area contributed by atoms with E-state index in [1.807, 2.05) is 6.07 Å². The van der Waals surface area contributed by atoms with Gasteiger partial charge >= 0.3 is 0 Å². The number of aryl methyl sites for hydroxylation is 1. The number of rotatable bonds is 3. The molecule has 132 valence electrons. The first kappa shape index (κ1) is 18.3. The lowest BCUT2D eigenvalue weighted by Gasteiger charge is -2.17. The molecule has 0 atom stereocenters. The van der Waals surface area contributed by atoms with E-state index in [2.05, 4.69) is 102 Å². The fourth-order valence-electron chi connectivity index (χ4n) is 3.18. The summed E-state index contributed by atoms with van der Waals surface area (Å²) in [7, 11) is 0. The zero-order chi connectivity index (χ0) is 18.8. The molecule has 0 aliphatic heterocycles. The van der Waals surface area contributed by atoms with Crippen molar-refractivity contribution in [1.29, 1.82) is 0 Å². The Bertz CT molecular complexity index is 1130. The molecule has 0 saturated carbocycles. The summed E-state index contributed by atoms with van der Waals surface area (Å²) in [5.74, 6) is 0. The number of halogens is 1. The second kappa shape index (κ2) is 7.89. The van der Waals surface area contributed by atoms with Crippen molar-refractivity contribution in [3.8, 4) is 32.7 Å². The Morgan fingerprint density at radius 3 is 1.74 bits per heavy atom. The Labute approximate surface area is 177 Å². The summed E-state index contributed by atoms with van der Waals surface area (Å²) in [4.78, 5) is 1.20. The highest BCUT2D eigenvalue weighted by Crippen LogP contribution is 2.47. The zero-order valence-electron chi connectivity index (χ0n) is 14.8. The van der Waals surface area contributed by atoms with Crippen molar-refractivity contribution >= 4 is 39.5 Å². The van der Waals surface area contributed by atoms with Crippen molar-refractivity contribution in [1.82, 2.24) is 0 Å². The van der Waals surface area contributed by atoms with Crippen LogP contribution in [0.3, 0.4) is 0 Å². The lowest BCUT2D eigenvalue weighted by atomic mass is 9.93. The molecule has 0 amide bonds. The molecule has 1 aromatic heterocycles. The predicted molar refractivity (Wildman–Crippen MR) is 124 cm³/mol. The first-order valence-electron chi connectivity index (χ1n) is 8.69. The minimum absolute atomic E-state index is 0.865. The summed E-state index contributed by atoms with van der Waals surface area (Å²) in [6, 6.07) is 29.7. The summed E-state index contributed by atoms with van der Waals surface area (Å²) >= 11 is 11.2. The van der Waals surface area contributed by atoms with Crippen LogP contribution in [-0.2, 0) is 0 Å². The van der Waals surface area contributed by atoms with Crippen LogP contribution in [-0.4, -0.2) is 0 Å². The SMILES string of the molecule is Cc1ccc(-c2sc(=S)c(Br)c(-c3ccccc3)c2-c2ccccc2)cc1. The first-order chi connectivity index (χ1) is 13.1. The molecule has 0 spiro atoms. The summed E-state index contributed by atoms with van der Waals surface area (Å²) in [5.41, 5.74) is 7.18. The Balaban J connectivity index is 2.12. The van der Waals surface area contributed by atoms with Crippen LogP contribution in [0.2, 0.25) is 0 Å². The van der Waals surface area contributed by atoms with Gasteiger partial charge in [0.25, 0.3) is 0 Å². The normalized spacial score (nSPS) is 10.7. The monoisotopic (exact) mass is 448 g/mol. The minimum Gasteiger partial charge on any atom is -0.122 e.